The number of methoxy groups -OCH3 is 2. The number of hydrogen-bond acceptors (Lipinski definition) is 7. The van der Waals surface area contributed by atoms with Crippen LogP contribution in [-0.2, 0) is 6.54 Å². The summed E-state index contributed by atoms with van der Waals surface area (Å²) in [6.07, 6.45) is 0. The fourth-order valence-corrected chi connectivity index (χ4v) is 3.74. The van der Waals surface area contributed by atoms with E-state index in [0.29, 0.717) is 22.9 Å². The maximum Gasteiger partial charge on any atom is 0.319 e. The summed E-state index contributed by atoms with van der Waals surface area (Å²) in [5.41, 5.74) is 1.79. The molecular formula is C20H23N5O4S. The van der Waals surface area contributed by atoms with E-state index in [1.54, 1.807) is 31.4 Å². The molecule has 10 heteroatoms. The van der Waals surface area contributed by atoms with Crippen LogP contribution in [0.5, 0.6) is 11.5 Å². The molecule has 0 fully saturated rings. The van der Waals surface area contributed by atoms with Gasteiger partial charge in [-0.25, -0.2) is 14.5 Å². The van der Waals surface area contributed by atoms with Crippen LogP contribution < -0.4 is 25.7 Å². The van der Waals surface area contributed by atoms with Crippen molar-refractivity contribution in [2.24, 2.45) is 0 Å². The summed E-state index contributed by atoms with van der Waals surface area (Å²) in [7, 11) is 3.06. The summed E-state index contributed by atoms with van der Waals surface area (Å²) in [5, 5.41) is 10.8. The van der Waals surface area contributed by atoms with Crippen molar-refractivity contribution in [1.29, 1.82) is 0 Å². The van der Waals surface area contributed by atoms with Gasteiger partial charge in [-0.2, -0.15) is 5.10 Å². The minimum absolute atomic E-state index is 0.217. The predicted molar refractivity (Wildman–Crippen MR) is 116 cm³/mol. The highest BCUT2D eigenvalue weighted by atomic mass is 32.1. The number of aryl methyl sites for hydroxylation is 2. The zero-order chi connectivity index (χ0) is 21.7. The van der Waals surface area contributed by atoms with Crippen LogP contribution in [0, 0.1) is 13.8 Å². The van der Waals surface area contributed by atoms with Crippen molar-refractivity contribution < 1.29 is 14.3 Å². The summed E-state index contributed by atoms with van der Waals surface area (Å²) < 4.78 is 11.7. The first-order valence-electron chi connectivity index (χ1n) is 9.20. The number of aromatic nitrogens is 3. The number of rotatable bonds is 7. The molecule has 158 valence electrons. The highest BCUT2D eigenvalue weighted by Crippen LogP contribution is 2.29. The van der Waals surface area contributed by atoms with E-state index < -0.39 is 6.03 Å². The average Bonchev–Trinajstić information content (AvgIpc) is 3.07. The zero-order valence-electron chi connectivity index (χ0n) is 17.2. The van der Waals surface area contributed by atoms with Gasteiger partial charge in [-0.15, -0.1) is 11.3 Å². The van der Waals surface area contributed by atoms with Crippen LogP contribution >= 0.6 is 11.3 Å². The third-order valence-corrected chi connectivity index (χ3v) is 5.36. The number of nitrogens with one attached hydrogen (secondary N) is 2. The van der Waals surface area contributed by atoms with Crippen molar-refractivity contribution in [1.82, 2.24) is 20.1 Å². The van der Waals surface area contributed by atoms with E-state index in [1.807, 2.05) is 13.8 Å². The molecule has 0 saturated heterocycles. The van der Waals surface area contributed by atoms with Gasteiger partial charge in [0.15, 0.2) is 0 Å². The Labute approximate surface area is 177 Å². The van der Waals surface area contributed by atoms with Gasteiger partial charge in [-0.1, -0.05) is 0 Å². The van der Waals surface area contributed by atoms with Crippen molar-refractivity contribution >= 4 is 23.1 Å². The van der Waals surface area contributed by atoms with Crippen molar-refractivity contribution in [3.05, 3.63) is 51.4 Å². The van der Waals surface area contributed by atoms with Gasteiger partial charge in [-0.05, 0) is 32.0 Å². The third-order valence-electron chi connectivity index (χ3n) is 4.27. The topological polar surface area (TPSA) is 107 Å². The van der Waals surface area contributed by atoms with E-state index in [0.717, 1.165) is 15.6 Å². The molecule has 1 aromatic carbocycles. The van der Waals surface area contributed by atoms with E-state index in [1.165, 1.54) is 29.2 Å². The first-order chi connectivity index (χ1) is 14.4. The molecule has 2 aromatic heterocycles. The van der Waals surface area contributed by atoms with E-state index >= 15 is 0 Å². The molecule has 0 aliphatic carbocycles. The third kappa shape index (κ3) is 4.95. The van der Waals surface area contributed by atoms with Crippen molar-refractivity contribution in [2.75, 3.05) is 26.1 Å². The molecule has 0 radical (unpaired) electrons. The predicted octanol–water partition coefficient (Wildman–Crippen LogP) is 2.82. The number of benzene rings is 1. The SMILES string of the molecule is COc1ccc(OC)c(NC(=O)NCCn2nc(-c3sc(C)nc3C)ccc2=O)c1. The lowest BCUT2D eigenvalue weighted by molar-refractivity contribution is 0.251. The Morgan fingerprint density at radius 3 is 2.63 bits per heavy atom. The minimum Gasteiger partial charge on any atom is -0.497 e. The summed E-state index contributed by atoms with van der Waals surface area (Å²) in [6.45, 7) is 4.28. The number of thiazole rings is 1. The molecule has 0 unspecified atom stereocenters. The zero-order valence-corrected chi connectivity index (χ0v) is 18.0. The summed E-state index contributed by atoms with van der Waals surface area (Å²) >= 11 is 1.53. The second-order valence-corrected chi connectivity index (χ2v) is 7.58. The number of hydrogen-bond donors (Lipinski definition) is 2. The molecule has 2 heterocycles. The molecule has 3 aromatic rings. The molecule has 3 rings (SSSR count). The Balaban J connectivity index is 1.64. The molecule has 2 N–H and O–H groups in total. The number of carbonyl (C=O) groups is 1. The van der Waals surface area contributed by atoms with Gasteiger partial charge < -0.3 is 20.1 Å². The largest absolute Gasteiger partial charge is 0.497 e. The fraction of sp³-hybridized carbons (Fsp3) is 0.300. The highest BCUT2D eigenvalue weighted by Gasteiger charge is 2.12. The van der Waals surface area contributed by atoms with Gasteiger partial charge in [-0.3, -0.25) is 4.79 Å². The van der Waals surface area contributed by atoms with Crippen LogP contribution in [0.4, 0.5) is 10.5 Å². The van der Waals surface area contributed by atoms with Gasteiger partial charge >= 0.3 is 6.03 Å². The van der Waals surface area contributed by atoms with Crippen LogP contribution in [-0.4, -0.2) is 41.6 Å². The second kappa shape index (κ2) is 9.40. The highest BCUT2D eigenvalue weighted by molar-refractivity contribution is 7.15. The summed E-state index contributed by atoms with van der Waals surface area (Å²) in [4.78, 5) is 29.7. The van der Waals surface area contributed by atoms with Crippen molar-refractivity contribution in [2.45, 2.75) is 20.4 Å². The molecule has 0 atom stereocenters. The van der Waals surface area contributed by atoms with Crippen LogP contribution in [0.1, 0.15) is 10.7 Å². The smallest absolute Gasteiger partial charge is 0.319 e. The standard InChI is InChI=1S/C20H23N5O4S/c1-12-19(30-13(2)22-12)15-6-8-18(26)25(24-15)10-9-21-20(27)23-16-11-14(28-3)5-7-17(16)29-4/h5-8,11H,9-10H2,1-4H3,(H2,21,23,27). The van der Waals surface area contributed by atoms with Crippen LogP contribution in [0.25, 0.3) is 10.6 Å². The number of carbonyl (C=O) groups excluding carboxylic acids is 1. The summed E-state index contributed by atoms with van der Waals surface area (Å²) in [5.74, 6) is 1.10. The molecule has 9 nitrogen and oxygen atoms in total. The Morgan fingerprint density at radius 2 is 1.97 bits per heavy atom. The monoisotopic (exact) mass is 429 g/mol. The number of ether oxygens (including phenoxy) is 2. The minimum atomic E-state index is -0.431. The first-order valence-corrected chi connectivity index (χ1v) is 10.0. The lowest BCUT2D eigenvalue weighted by Crippen LogP contribution is -2.34. The summed E-state index contributed by atoms with van der Waals surface area (Å²) in [6, 6.07) is 7.82. The Morgan fingerprint density at radius 1 is 1.17 bits per heavy atom. The molecular weight excluding hydrogens is 406 g/mol. The lowest BCUT2D eigenvalue weighted by atomic mass is 10.2. The molecule has 0 aliphatic rings. The molecule has 30 heavy (non-hydrogen) atoms. The molecule has 0 saturated carbocycles. The average molecular weight is 430 g/mol. The number of amides is 2. The van der Waals surface area contributed by atoms with E-state index in [-0.39, 0.29) is 18.6 Å². The number of urea groups is 1. The van der Waals surface area contributed by atoms with E-state index in [2.05, 4.69) is 20.7 Å². The van der Waals surface area contributed by atoms with Crippen LogP contribution in [0.15, 0.2) is 35.1 Å². The molecule has 0 aliphatic heterocycles. The molecule has 2 amide bonds. The van der Waals surface area contributed by atoms with Crippen molar-refractivity contribution in [3.63, 3.8) is 0 Å². The van der Waals surface area contributed by atoms with Gasteiger partial charge in [0.25, 0.3) is 5.56 Å². The first kappa shape index (κ1) is 21.3. The van der Waals surface area contributed by atoms with Crippen molar-refractivity contribution in [3.8, 4) is 22.1 Å². The van der Waals surface area contributed by atoms with Gasteiger partial charge in [0.05, 0.1) is 42.0 Å². The number of nitrogens with zero attached hydrogens (tertiary/aromatic N) is 3. The second-order valence-electron chi connectivity index (χ2n) is 6.37. The Kier molecular flexibility index (Phi) is 6.68. The van der Waals surface area contributed by atoms with Gasteiger partial charge in [0.2, 0.25) is 0 Å². The van der Waals surface area contributed by atoms with Gasteiger partial charge in [0.1, 0.15) is 17.2 Å². The molecule has 0 spiro atoms. The quantitative estimate of drug-likeness (QED) is 0.598. The maximum absolute atomic E-state index is 12.3. The van der Waals surface area contributed by atoms with Gasteiger partial charge in [0, 0.05) is 18.7 Å². The Bertz CT molecular complexity index is 1110. The van der Waals surface area contributed by atoms with E-state index in [4.69, 9.17) is 9.47 Å². The number of anilines is 1. The van der Waals surface area contributed by atoms with E-state index in [9.17, 15) is 9.59 Å². The molecule has 0 bridgehead atoms. The Hall–Kier alpha value is -3.40. The fourth-order valence-electron chi connectivity index (χ4n) is 2.85. The lowest BCUT2D eigenvalue weighted by Gasteiger charge is -2.13. The van der Waals surface area contributed by atoms with Crippen LogP contribution in [0.3, 0.4) is 0 Å². The van der Waals surface area contributed by atoms with Crippen LogP contribution in [0.2, 0.25) is 0 Å². The maximum atomic E-state index is 12.3. The normalized spacial score (nSPS) is 10.5.